The molecule has 0 aliphatic rings. The topological polar surface area (TPSA) is 106 Å². The predicted octanol–water partition coefficient (Wildman–Crippen LogP) is 2.12. The number of hydrogen-bond acceptors (Lipinski definition) is 7. The Balaban J connectivity index is 2.16. The molecule has 9 heteroatoms. The van der Waals surface area contributed by atoms with Crippen molar-refractivity contribution in [2.24, 2.45) is 5.10 Å². The van der Waals surface area contributed by atoms with Crippen molar-refractivity contribution in [2.75, 3.05) is 20.8 Å². The number of nitrogens with zero attached hydrogens (tertiary/aromatic N) is 1. The zero-order valence-corrected chi connectivity index (χ0v) is 15.4. The Morgan fingerprint density at radius 3 is 2.19 bits per heavy atom. The maximum absolute atomic E-state index is 12.2. The first-order valence-corrected chi connectivity index (χ1v) is 9.12. The molecule has 2 N–H and O–H groups in total. The first-order valence-electron chi connectivity index (χ1n) is 7.64. The van der Waals surface area contributed by atoms with E-state index in [-0.39, 0.29) is 22.1 Å². The van der Waals surface area contributed by atoms with E-state index in [9.17, 15) is 13.5 Å². The van der Waals surface area contributed by atoms with E-state index < -0.39 is 10.0 Å². The second-order valence-electron chi connectivity index (χ2n) is 5.03. The van der Waals surface area contributed by atoms with Gasteiger partial charge in [0.25, 0.3) is 10.0 Å². The van der Waals surface area contributed by atoms with E-state index in [1.807, 2.05) is 6.92 Å². The Bertz CT molecular complexity index is 854. The molecule has 0 aliphatic carbocycles. The van der Waals surface area contributed by atoms with Crippen LogP contribution in [0.4, 0.5) is 0 Å². The number of nitrogens with one attached hydrogen (secondary N) is 1. The van der Waals surface area contributed by atoms with Gasteiger partial charge in [0.05, 0.1) is 31.9 Å². The van der Waals surface area contributed by atoms with Crippen molar-refractivity contribution in [1.29, 1.82) is 0 Å². The number of aromatic hydroxyl groups is 1. The van der Waals surface area contributed by atoms with E-state index >= 15 is 0 Å². The van der Waals surface area contributed by atoms with Crippen LogP contribution < -0.4 is 19.0 Å². The summed E-state index contributed by atoms with van der Waals surface area (Å²) in [5, 5.41) is 13.6. The summed E-state index contributed by atoms with van der Waals surface area (Å²) in [7, 11) is -1.03. The highest BCUT2D eigenvalue weighted by molar-refractivity contribution is 7.89. The minimum Gasteiger partial charge on any atom is -0.502 e. The molecule has 0 amide bonds. The predicted molar refractivity (Wildman–Crippen MR) is 96.7 cm³/mol. The molecule has 0 atom stereocenters. The van der Waals surface area contributed by atoms with Crippen LogP contribution in [-0.2, 0) is 10.0 Å². The van der Waals surface area contributed by atoms with Gasteiger partial charge >= 0.3 is 0 Å². The van der Waals surface area contributed by atoms with E-state index in [0.717, 1.165) is 0 Å². The average Bonchev–Trinajstić information content (AvgIpc) is 2.63. The Hall–Kier alpha value is -2.94. The van der Waals surface area contributed by atoms with Gasteiger partial charge < -0.3 is 19.3 Å². The van der Waals surface area contributed by atoms with E-state index in [0.29, 0.717) is 17.9 Å². The monoisotopic (exact) mass is 380 g/mol. The number of sulfonamides is 1. The van der Waals surface area contributed by atoms with Crippen LogP contribution in [0.25, 0.3) is 0 Å². The molecule has 0 spiro atoms. The van der Waals surface area contributed by atoms with Crippen molar-refractivity contribution in [1.82, 2.24) is 4.83 Å². The molecule has 0 heterocycles. The molecular weight excluding hydrogens is 360 g/mol. The number of phenolic OH excluding ortho intramolecular Hbond substituents is 1. The smallest absolute Gasteiger partial charge is 0.276 e. The lowest BCUT2D eigenvalue weighted by Crippen LogP contribution is -2.18. The molecule has 0 fully saturated rings. The summed E-state index contributed by atoms with van der Waals surface area (Å²) in [5.74, 6) is 0.792. The van der Waals surface area contributed by atoms with Crippen molar-refractivity contribution in [2.45, 2.75) is 11.8 Å². The van der Waals surface area contributed by atoms with Crippen LogP contribution in [0.15, 0.2) is 46.4 Å². The molecule has 0 aromatic heterocycles. The van der Waals surface area contributed by atoms with Crippen LogP contribution >= 0.6 is 0 Å². The summed E-state index contributed by atoms with van der Waals surface area (Å²) in [4.78, 5) is 2.18. The third-order valence-corrected chi connectivity index (χ3v) is 4.57. The average molecular weight is 380 g/mol. The lowest BCUT2D eigenvalue weighted by atomic mass is 10.2. The highest BCUT2D eigenvalue weighted by Crippen LogP contribution is 2.36. The number of ether oxygens (including phenoxy) is 3. The van der Waals surface area contributed by atoms with E-state index in [1.54, 1.807) is 12.1 Å². The number of benzene rings is 2. The third kappa shape index (κ3) is 4.57. The van der Waals surface area contributed by atoms with Crippen molar-refractivity contribution in [3.05, 3.63) is 42.0 Å². The van der Waals surface area contributed by atoms with Crippen molar-refractivity contribution in [3.63, 3.8) is 0 Å². The molecule has 140 valence electrons. The fourth-order valence-electron chi connectivity index (χ4n) is 2.09. The van der Waals surface area contributed by atoms with Crippen LogP contribution in [0.3, 0.4) is 0 Å². The summed E-state index contributed by atoms with van der Waals surface area (Å²) in [6, 6.07) is 8.97. The normalized spacial score (nSPS) is 11.3. The van der Waals surface area contributed by atoms with Gasteiger partial charge in [0.15, 0.2) is 11.5 Å². The molecule has 0 saturated carbocycles. The fraction of sp³-hybridized carbons (Fsp3) is 0.235. The number of phenols is 1. The van der Waals surface area contributed by atoms with E-state index in [2.05, 4.69) is 9.93 Å². The second-order valence-corrected chi connectivity index (χ2v) is 6.69. The van der Waals surface area contributed by atoms with Gasteiger partial charge in [0.1, 0.15) is 5.75 Å². The molecule has 26 heavy (non-hydrogen) atoms. The van der Waals surface area contributed by atoms with Crippen LogP contribution in [-0.4, -0.2) is 40.6 Å². The maximum atomic E-state index is 12.2. The second kappa shape index (κ2) is 8.43. The molecule has 0 radical (unpaired) electrons. The SMILES string of the molecule is CCOc1ccc(S(=O)(=O)N/N=C/c2cc(OC)c(O)c(OC)c2)cc1. The zero-order chi connectivity index (χ0) is 19.2. The van der Waals surface area contributed by atoms with Gasteiger partial charge in [-0.15, -0.1) is 0 Å². The van der Waals surface area contributed by atoms with Gasteiger partial charge in [-0.05, 0) is 43.3 Å². The molecule has 0 aliphatic heterocycles. The minimum atomic E-state index is -3.82. The number of hydrogen-bond donors (Lipinski definition) is 2. The Kier molecular flexibility index (Phi) is 6.29. The van der Waals surface area contributed by atoms with Gasteiger partial charge in [0, 0.05) is 5.56 Å². The Morgan fingerprint density at radius 1 is 1.12 bits per heavy atom. The number of rotatable bonds is 8. The Morgan fingerprint density at radius 2 is 1.69 bits per heavy atom. The molecule has 2 aromatic rings. The Labute approximate surface area is 152 Å². The molecule has 0 bridgehead atoms. The van der Waals surface area contributed by atoms with E-state index in [1.165, 1.54) is 44.7 Å². The van der Waals surface area contributed by atoms with Crippen LogP contribution in [0.2, 0.25) is 0 Å². The molecule has 2 rings (SSSR count). The molecule has 8 nitrogen and oxygen atoms in total. The molecule has 0 saturated heterocycles. The van der Waals surface area contributed by atoms with Crippen LogP contribution in [0, 0.1) is 0 Å². The summed E-state index contributed by atoms with van der Waals surface area (Å²) in [6.07, 6.45) is 1.27. The number of methoxy groups -OCH3 is 2. The zero-order valence-electron chi connectivity index (χ0n) is 14.6. The third-order valence-electron chi connectivity index (χ3n) is 3.33. The fourth-order valence-corrected chi connectivity index (χ4v) is 2.88. The van der Waals surface area contributed by atoms with Crippen molar-refractivity contribution in [3.8, 4) is 23.0 Å². The van der Waals surface area contributed by atoms with Gasteiger partial charge in [-0.1, -0.05) is 0 Å². The summed E-state index contributed by atoms with van der Waals surface area (Å²) in [5.41, 5.74) is 0.478. The molecule has 0 unspecified atom stereocenters. The highest BCUT2D eigenvalue weighted by atomic mass is 32.2. The maximum Gasteiger partial charge on any atom is 0.276 e. The summed E-state index contributed by atoms with van der Waals surface area (Å²) >= 11 is 0. The summed E-state index contributed by atoms with van der Waals surface area (Å²) < 4.78 is 39.8. The van der Waals surface area contributed by atoms with Crippen molar-refractivity contribution < 1.29 is 27.7 Å². The molecular formula is C17H20N2O6S. The lowest BCUT2D eigenvalue weighted by Gasteiger charge is -2.09. The lowest BCUT2D eigenvalue weighted by molar-refractivity contribution is 0.340. The standard InChI is InChI=1S/C17H20N2O6S/c1-4-25-13-5-7-14(8-6-13)26(21,22)19-18-11-12-9-15(23-2)17(20)16(10-12)24-3/h5-11,19-20H,4H2,1-3H3/b18-11+. The van der Waals surface area contributed by atoms with Gasteiger partial charge in [-0.25, -0.2) is 4.83 Å². The van der Waals surface area contributed by atoms with Gasteiger partial charge in [-0.3, -0.25) is 0 Å². The highest BCUT2D eigenvalue weighted by Gasteiger charge is 2.13. The summed E-state index contributed by atoms with van der Waals surface area (Å²) in [6.45, 7) is 2.34. The van der Waals surface area contributed by atoms with Gasteiger partial charge in [0.2, 0.25) is 5.75 Å². The largest absolute Gasteiger partial charge is 0.502 e. The van der Waals surface area contributed by atoms with Crippen molar-refractivity contribution >= 4 is 16.2 Å². The van der Waals surface area contributed by atoms with E-state index in [4.69, 9.17) is 14.2 Å². The quantitative estimate of drug-likeness (QED) is 0.537. The van der Waals surface area contributed by atoms with Crippen LogP contribution in [0.1, 0.15) is 12.5 Å². The van der Waals surface area contributed by atoms with Crippen LogP contribution in [0.5, 0.6) is 23.0 Å². The minimum absolute atomic E-state index is 0.0546. The first-order chi connectivity index (χ1) is 12.4. The number of hydrazone groups is 1. The molecule has 2 aromatic carbocycles. The van der Waals surface area contributed by atoms with Gasteiger partial charge in [-0.2, -0.15) is 13.5 Å². The first kappa shape index (κ1) is 19.4.